The second-order valence-electron chi connectivity index (χ2n) is 7.61. The average Bonchev–Trinajstić information content (AvgIpc) is 2.92. The first-order valence-corrected chi connectivity index (χ1v) is 10.4. The number of nitrogens with one attached hydrogen (secondary N) is 2. The van der Waals surface area contributed by atoms with E-state index in [4.69, 9.17) is 17.2 Å². The second kappa shape index (κ2) is 7.02. The number of benzene rings is 2. The standard InChI is InChI=1S/C22H22N4OS/c27-21(23-15-7-3-1-2-4-8-15)14-11-12-16-18(13-14)25-22(28)26-19-10-6-5-9-17(19)24-20(16)26/h5-6,9-13,15H,1-4,7-8H2,(H,23,27)(H,25,28). The van der Waals surface area contributed by atoms with E-state index in [9.17, 15) is 4.79 Å². The molecule has 4 aromatic rings. The molecule has 2 heterocycles. The fraction of sp³-hybridized carbons (Fsp3) is 0.318. The van der Waals surface area contributed by atoms with Gasteiger partial charge in [0.2, 0.25) is 0 Å². The van der Waals surface area contributed by atoms with Crippen LogP contribution in [0.25, 0.3) is 27.6 Å². The molecule has 1 aliphatic carbocycles. The summed E-state index contributed by atoms with van der Waals surface area (Å²) in [5, 5.41) is 4.17. The maximum atomic E-state index is 12.8. The van der Waals surface area contributed by atoms with E-state index in [2.05, 4.69) is 10.3 Å². The van der Waals surface area contributed by atoms with Crippen LogP contribution in [0, 0.1) is 4.77 Å². The van der Waals surface area contributed by atoms with Crippen molar-refractivity contribution in [1.82, 2.24) is 19.7 Å². The summed E-state index contributed by atoms with van der Waals surface area (Å²) in [5.74, 6) is -0.0125. The number of carbonyl (C=O) groups excluding carboxylic acids is 1. The van der Waals surface area contributed by atoms with Crippen LogP contribution in [0.15, 0.2) is 42.5 Å². The van der Waals surface area contributed by atoms with Crippen molar-refractivity contribution in [2.75, 3.05) is 0 Å². The van der Waals surface area contributed by atoms with Crippen LogP contribution in [0.4, 0.5) is 0 Å². The van der Waals surface area contributed by atoms with Gasteiger partial charge in [0.05, 0.1) is 16.6 Å². The van der Waals surface area contributed by atoms with Gasteiger partial charge in [-0.2, -0.15) is 0 Å². The van der Waals surface area contributed by atoms with Gasteiger partial charge in [0.25, 0.3) is 5.91 Å². The molecule has 5 rings (SSSR count). The molecule has 6 heteroatoms. The molecule has 5 nitrogen and oxygen atoms in total. The zero-order valence-corrected chi connectivity index (χ0v) is 16.4. The maximum absolute atomic E-state index is 12.8. The number of rotatable bonds is 2. The molecule has 142 valence electrons. The summed E-state index contributed by atoms with van der Waals surface area (Å²) in [6.45, 7) is 0. The van der Waals surface area contributed by atoms with Gasteiger partial charge in [0, 0.05) is 17.0 Å². The third kappa shape index (κ3) is 2.98. The number of amides is 1. The van der Waals surface area contributed by atoms with Gasteiger partial charge in [-0.1, -0.05) is 37.8 Å². The molecule has 1 fully saturated rings. The summed E-state index contributed by atoms with van der Waals surface area (Å²) >= 11 is 5.58. The molecule has 0 radical (unpaired) electrons. The Morgan fingerprint density at radius 2 is 1.89 bits per heavy atom. The van der Waals surface area contributed by atoms with Gasteiger partial charge in [0.15, 0.2) is 4.77 Å². The predicted molar refractivity (Wildman–Crippen MR) is 114 cm³/mol. The lowest BCUT2D eigenvalue weighted by Crippen LogP contribution is -2.34. The Morgan fingerprint density at radius 1 is 1.11 bits per heavy atom. The lowest BCUT2D eigenvalue weighted by molar-refractivity contribution is 0.0933. The van der Waals surface area contributed by atoms with Gasteiger partial charge in [0.1, 0.15) is 5.65 Å². The second-order valence-corrected chi connectivity index (χ2v) is 8.00. The van der Waals surface area contributed by atoms with Crippen molar-refractivity contribution in [3.05, 3.63) is 52.8 Å². The molecular weight excluding hydrogens is 368 g/mol. The highest BCUT2D eigenvalue weighted by Crippen LogP contribution is 2.24. The Labute approximate surface area is 167 Å². The van der Waals surface area contributed by atoms with E-state index >= 15 is 0 Å². The Morgan fingerprint density at radius 3 is 2.71 bits per heavy atom. The SMILES string of the molecule is O=C(NC1CCCCCC1)c1ccc2c(c1)[nH]c(=S)n1c3ccccc3nc21. The van der Waals surface area contributed by atoms with E-state index < -0.39 is 0 Å². The molecule has 1 aliphatic rings. The zero-order valence-electron chi connectivity index (χ0n) is 15.6. The number of carbonyl (C=O) groups is 1. The smallest absolute Gasteiger partial charge is 0.251 e. The summed E-state index contributed by atoms with van der Waals surface area (Å²) < 4.78 is 2.54. The van der Waals surface area contributed by atoms with Crippen LogP contribution in [-0.2, 0) is 0 Å². The van der Waals surface area contributed by atoms with Crippen LogP contribution in [0.1, 0.15) is 48.9 Å². The highest BCUT2D eigenvalue weighted by atomic mass is 32.1. The number of H-pyrrole nitrogens is 1. The van der Waals surface area contributed by atoms with E-state index in [1.165, 1.54) is 25.7 Å². The van der Waals surface area contributed by atoms with E-state index in [1.54, 1.807) is 0 Å². The third-order valence-corrected chi connectivity index (χ3v) is 6.00. The lowest BCUT2D eigenvalue weighted by atomic mass is 10.1. The first kappa shape index (κ1) is 17.4. The number of aromatic amines is 1. The highest BCUT2D eigenvalue weighted by Gasteiger charge is 2.17. The van der Waals surface area contributed by atoms with Gasteiger partial charge < -0.3 is 10.3 Å². The molecule has 0 atom stereocenters. The average molecular weight is 391 g/mol. The van der Waals surface area contributed by atoms with Crippen molar-refractivity contribution < 1.29 is 4.79 Å². The number of hydrogen-bond donors (Lipinski definition) is 2. The Bertz CT molecular complexity index is 1250. The zero-order chi connectivity index (χ0) is 19.1. The minimum absolute atomic E-state index is 0.0125. The minimum atomic E-state index is -0.0125. The van der Waals surface area contributed by atoms with Crippen molar-refractivity contribution in [3.63, 3.8) is 0 Å². The maximum Gasteiger partial charge on any atom is 0.251 e. The molecule has 0 bridgehead atoms. The number of fused-ring (bicyclic) bond motifs is 5. The predicted octanol–water partition coefficient (Wildman–Crippen LogP) is 5.15. The monoisotopic (exact) mass is 390 g/mol. The van der Waals surface area contributed by atoms with E-state index in [0.717, 1.165) is 40.4 Å². The van der Waals surface area contributed by atoms with Crippen molar-refractivity contribution in [2.45, 2.75) is 44.6 Å². The summed E-state index contributed by atoms with van der Waals surface area (Å²) in [6.07, 6.45) is 7.08. The van der Waals surface area contributed by atoms with Crippen molar-refractivity contribution in [3.8, 4) is 0 Å². The van der Waals surface area contributed by atoms with Crippen LogP contribution in [-0.4, -0.2) is 26.3 Å². The fourth-order valence-corrected chi connectivity index (χ4v) is 4.55. The van der Waals surface area contributed by atoms with Gasteiger partial charge in [-0.05, 0) is 55.4 Å². The molecule has 0 spiro atoms. The molecule has 0 unspecified atom stereocenters. The van der Waals surface area contributed by atoms with Gasteiger partial charge >= 0.3 is 0 Å². The van der Waals surface area contributed by atoms with Crippen molar-refractivity contribution in [1.29, 1.82) is 0 Å². The van der Waals surface area contributed by atoms with E-state index in [-0.39, 0.29) is 11.9 Å². The number of nitrogens with zero attached hydrogens (tertiary/aromatic N) is 2. The molecule has 0 saturated heterocycles. The normalized spacial score (nSPS) is 15.9. The number of hydrogen-bond acceptors (Lipinski definition) is 3. The summed E-state index contributed by atoms with van der Waals surface area (Å²) in [7, 11) is 0. The molecule has 1 amide bonds. The Kier molecular flexibility index (Phi) is 4.36. The largest absolute Gasteiger partial charge is 0.349 e. The number of para-hydroxylation sites is 2. The van der Waals surface area contributed by atoms with Crippen LogP contribution >= 0.6 is 12.2 Å². The van der Waals surface area contributed by atoms with Crippen molar-refractivity contribution >= 4 is 45.7 Å². The molecule has 0 aliphatic heterocycles. The third-order valence-electron chi connectivity index (χ3n) is 5.72. The number of imidazole rings is 1. The first-order valence-electron chi connectivity index (χ1n) is 9.95. The molecule has 28 heavy (non-hydrogen) atoms. The molecule has 2 aromatic heterocycles. The van der Waals surface area contributed by atoms with E-state index in [0.29, 0.717) is 10.3 Å². The van der Waals surface area contributed by atoms with E-state index in [1.807, 2.05) is 46.9 Å². The Balaban J connectivity index is 1.55. The topological polar surface area (TPSA) is 62.2 Å². The quantitative estimate of drug-likeness (QED) is 0.367. The molecule has 1 saturated carbocycles. The highest BCUT2D eigenvalue weighted by molar-refractivity contribution is 7.71. The van der Waals surface area contributed by atoms with Gasteiger partial charge in [-0.15, -0.1) is 0 Å². The molecule has 2 N–H and O–H groups in total. The van der Waals surface area contributed by atoms with Crippen molar-refractivity contribution in [2.24, 2.45) is 0 Å². The van der Waals surface area contributed by atoms with Crippen LogP contribution in [0.2, 0.25) is 0 Å². The minimum Gasteiger partial charge on any atom is -0.349 e. The summed E-state index contributed by atoms with van der Waals surface area (Å²) in [5.41, 5.74) is 4.19. The van der Waals surface area contributed by atoms with Gasteiger partial charge in [-0.3, -0.25) is 9.20 Å². The van der Waals surface area contributed by atoms with Crippen LogP contribution in [0.5, 0.6) is 0 Å². The molecule has 2 aromatic carbocycles. The van der Waals surface area contributed by atoms with Crippen LogP contribution in [0.3, 0.4) is 0 Å². The first-order chi connectivity index (χ1) is 13.7. The van der Waals surface area contributed by atoms with Crippen LogP contribution < -0.4 is 5.32 Å². The molecular formula is C22H22N4OS. The lowest BCUT2D eigenvalue weighted by Gasteiger charge is -2.16. The Hall–Kier alpha value is -2.73. The fourth-order valence-electron chi connectivity index (χ4n) is 4.26. The summed E-state index contributed by atoms with van der Waals surface area (Å²) in [6, 6.07) is 14.0. The van der Waals surface area contributed by atoms with Gasteiger partial charge in [-0.25, -0.2) is 4.98 Å². The summed E-state index contributed by atoms with van der Waals surface area (Å²) in [4.78, 5) is 20.8. The number of aromatic nitrogens is 3.